The second-order valence-corrected chi connectivity index (χ2v) is 15.9. The Bertz CT molecular complexity index is 2510. The van der Waals surface area contributed by atoms with Crippen molar-refractivity contribution in [2.45, 2.75) is 44.6 Å². The monoisotopic (exact) mass is 684 g/mol. The van der Waals surface area contributed by atoms with Crippen molar-refractivity contribution >= 4 is 57.8 Å². The van der Waals surface area contributed by atoms with Gasteiger partial charge in [-0.25, -0.2) is 0 Å². The van der Waals surface area contributed by atoms with Gasteiger partial charge in [-0.2, -0.15) is 0 Å². The van der Waals surface area contributed by atoms with Crippen molar-refractivity contribution in [2.75, 3.05) is 16.3 Å². The summed E-state index contributed by atoms with van der Waals surface area (Å²) in [7, 11) is 0. The van der Waals surface area contributed by atoms with Gasteiger partial charge in [-0.05, 0) is 100.0 Å². The molecule has 1 fully saturated rings. The molecule has 4 aliphatic rings. The molecule has 2 aliphatic heterocycles. The van der Waals surface area contributed by atoms with Crippen molar-refractivity contribution in [3.05, 3.63) is 179 Å². The standard InChI is InChI=1S/C51H44N2/c1-50(2)45-33-35(22-28-42(45)43-29-27-40(34-46(43)50)52-32-12-16-39-15-10-11-31-51(39,52)3)21-23-36-26-30-49(44-18-7-6-17-41(36)44)53-47-19-8-4-13-37(47)24-25-38-14-5-9-20-48(38)53/h4-11,13-15,17-31,33-34,39H,12,16,32H2,1-3H3. The molecule has 2 aliphatic carbocycles. The van der Waals surface area contributed by atoms with Crippen LogP contribution in [0.5, 0.6) is 0 Å². The molecule has 0 N–H and O–H groups in total. The first kappa shape index (κ1) is 31.8. The lowest BCUT2D eigenvalue weighted by Crippen LogP contribution is -2.54. The average molecular weight is 685 g/mol. The lowest BCUT2D eigenvalue weighted by Gasteiger charge is -2.50. The van der Waals surface area contributed by atoms with Gasteiger partial charge in [0.05, 0.1) is 22.6 Å². The van der Waals surface area contributed by atoms with Gasteiger partial charge in [0, 0.05) is 29.0 Å². The topological polar surface area (TPSA) is 6.48 Å². The Balaban J connectivity index is 0.995. The van der Waals surface area contributed by atoms with Crippen LogP contribution in [0.15, 0.2) is 146 Å². The van der Waals surface area contributed by atoms with E-state index in [1.54, 1.807) is 0 Å². The van der Waals surface area contributed by atoms with Gasteiger partial charge in [0.1, 0.15) is 0 Å². The summed E-state index contributed by atoms with van der Waals surface area (Å²) < 4.78 is 0. The minimum Gasteiger partial charge on any atom is -0.362 e. The third kappa shape index (κ3) is 5.00. The zero-order valence-electron chi connectivity index (χ0n) is 30.8. The molecule has 0 aromatic heterocycles. The van der Waals surface area contributed by atoms with Crippen LogP contribution in [0.25, 0.3) is 46.2 Å². The van der Waals surface area contributed by atoms with Crippen LogP contribution in [0.3, 0.4) is 0 Å². The van der Waals surface area contributed by atoms with E-state index in [0.29, 0.717) is 5.92 Å². The molecule has 2 heterocycles. The lowest BCUT2D eigenvalue weighted by atomic mass is 9.74. The predicted octanol–water partition coefficient (Wildman–Crippen LogP) is 13.4. The van der Waals surface area contributed by atoms with Gasteiger partial charge in [-0.15, -0.1) is 0 Å². The van der Waals surface area contributed by atoms with E-state index in [9.17, 15) is 0 Å². The summed E-state index contributed by atoms with van der Waals surface area (Å²) in [5.74, 6) is 0.558. The second kappa shape index (κ2) is 12.1. The number of benzene rings is 6. The minimum atomic E-state index is -0.0914. The maximum atomic E-state index is 2.66. The Morgan fingerprint density at radius 2 is 1.30 bits per heavy atom. The van der Waals surface area contributed by atoms with Crippen LogP contribution in [0, 0.1) is 5.92 Å². The van der Waals surface area contributed by atoms with Gasteiger partial charge in [0.2, 0.25) is 0 Å². The SMILES string of the molecule is CC1(C)c2cc(C=Cc3ccc(N4c5ccccc5C=Cc5ccccc54)c4ccccc34)ccc2-c2ccc(N3CCCC4C=CC=CC43C)cc21. The lowest BCUT2D eigenvalue weighted by molar-refractivity contribution is 0.316. The highest BCUT2D eigenvalue weighted by atomic mass is 15.2. The molecule has 0 saturated carbocycles. The van der Waals surface area contributed by atoms with Crippen molar-refractivity contribution in [3.8, 4) is 11.1 Å². The maximum absolute atomic E-state index is 2.66. The molecule has 6 aromatic carbocycles. The molecule has 2 unspecified atom stereocenters. The van der Waals surface area contributed by atoms with Gasteiger partial charge in [-0.3, -0.25) is 0 Å². The van der Waals surface area contributed by atoms with E-state index in [2.05, 4.69) is 201 Å². The number of piperidine rings is 1. The normalized spacial score (nSPS) is 20.5. The van der Waals surface area contributed by atoms with Gasteiger partial charge >= 0.3 is 0 Å². The number of allylic oxidation sites excluding steroid dienone is 2. The Hall–Kier alpha value is -5.86. The van der Waals surface area contributed by atoms with Crippen LogP contribution >= 0.6 is 0 Å². The number of anilines is 4. The van der Waals surface area contributed by atoms with Gasteiger partial charge < -0.3 is 9.80 Å². The Morgan fingerprint density at radius 1 is 0.623 bits per heavy atom. The summed E-state index contributed by atoms with van der Waals surface area (Å²) in [6, 6.07) is 45.1. The molecule has 0 bridgehead atoms. The highest BCUT2D eigenvalue weighted by Gasteiger charge is 2.42. The van der Waals surface area contributed by atoms with Crippen LogP contribution < -0.4 is 9.80 Å². The van der Waals surface area contributed by atoms with Crippen molar-refractivity contribution in [1.29, 1.82) is 0 Å². The number of rotatable bonds is 4. The molecule has 1 saturated heterocycles. The van der Waals surface area contributed by atoms with Gasteiger partial charge in [0.15, 0.2) is 0 Å². The fourth-order valence-electron chi connectivity index (χ4n) is 9.64. The van der Waals surface area contributed by atoms with E-state index in [1.165, 1.54) is 90.9 Å². The number of hydrogen-bond donors (Lipinski definition) is 0. The molecule has 0 spiro atoms. The smallest absolute Gasteiger partial charge is 0.0622 e. The summed E-state index contributed by atoms with van der Waals surface area (Å²) in [5.41, 5.74) is 15.3. The van der Waals surface area contributed by atoms with E-state index < -0.39 is 0 Å². The molecular formula is C51H44N2. The van der Waals surface area contributed by atoms with E-state index in [1.807, 2.05) is 0 Å². The van der Waals surface area contributed by atoms with E-state index in [4.69, 9.17) is 0 Å². The van der Waals surface area contributed by atoms with E-state index in [-0.39, 0.29) is 11.0 Å². The maximum Gasteiger partial charge on any atom is 0.0622 e. The minimum absolute atomic E-state index is 0.0242. The number of hydrogen-bond acceptors (Lipinski definition) is 2. The van der Waals surface area contributed by atoms with Crippen LogP contribution in [0.1, 0.15) is 67.0 Å². The third-order valence-corrected chi connectivity index (χ3v) is 12.5. The molecule has 0 radical (unpaired) electrons. The summed E-state index contributed by atoms with van der Waals surface area (Å²) >= 11 is 0. The molecule has 258 valence electrons. The summed E-state index contributed by atoms with van der Waals surface area (Å²) in [5, 5.41) is 2.47. The van der Waals surface area contributed by atoms with Gasteiger partial charge in [0.25, 0.3) is 0 Å². The first-order valence-corrected chi connectivity index (χ1v) is 19.2. The third-order valence-electron chi connectivity index (χ3n) is 12.5. The largest absolute Gasteiger partial charge is 0.362 e. The zero-order valence-corrected chi connectivity index (χ0v) is 30.8. The number of para-hydroxylation sites is 2. The number of fused-ring (bicyclic) bond motifs is 7. The quantitative estimate of drug-likeness (QED) is 0.170. The van der Waals surface area contributed by atoms with Crippen molar-refractivity contribution < 1.29 is 0 Å². The Labute approximate surface area is 313 Å². The number of nitrogens with zero attached hydrogens (tertiary/aromatic N) is 2. The fraction of sp³-hybridized carbons (Fsp3) is 0.176. The molecule has 6 aromatic rings. The molecule has 10 rings (SSSR count). The first-order chi connectivity index (χ1) is 25.9. The van der Waals surface area contributed by atoms with Crippen LogP contribution in [0.4, 0.5) is 22.7 Å². The first-order valence-electron chi connectivity index (χ1n) is 19.2. The Morgan fingerprint density at radius 3 is 2.08 bits per heavy atom. The van der Waals surface area contributed by atoms with Crippen LogP contribution in [0.2, 0.25) is 0 Å². The second-order valence-electron chi connectivity index (χ2n) is 15.9. The molecule has 2 nitrogen and oxygen atoms in total. The van der Waals surface area contributed by atoms with Gasteiger partial charge in [-0.1, -0.05) is 153 Å². The molecule has 0 amide bonds. The Kier molecular flexibility index (Phi) is 7.27. The van der Waals surface area contributed by atoms with Crippen molar-refractivity contribution in [1.82, 2.24) is 0 Å². The summed E-state index contributed by atoms with van der Waals surface area (Å²) in [6.07, 6.45) is 20.8. The average Bonchev–Trinajstić information content (AvgIpc) is 3.30. The zero-order chi connectivity index (χ0) is 35.7. The van der Waals surface area contributed by atoms with Crippen LogP contribution in [-0.4, -0.2) is 12.1 Å². The molecular weight excluding hydrogens is 641 g/mol. The molecule has 2 heteroatoms. The van der Waals surface area contributed by atoms with Crippen LogP contribution in [-0.2, 0) is 5.41 Å². The predicted molar refractivity (Wildman–Crippen MR) is 227 cm³/mol. The highest BCUT2D eigenvalue weighted by Crippen LogP contribution is 2.51. The van der Waals surface area contributed by atoms with Crippen molar-refractivity contribution in [2.24, 2.45) is 5.92 Å². The van der Waals surface area contributed by atoms with E-state index >= 15 is 0 Å². The fourth-order valence-corrected chi connectivity index (χ4v) is 9.64. The highest BCUT2D eigenvalue weighted by molar-refractivity contribution is 6.06. The van der Waals surface area contributed by atoms with E-state index in [0.717, 1.165) is 6.54 Å². The molecule has 2 atom stereocenters. The summed E-state index contributed by atoms with van der Waals surface area (Å²) in [4.78, 5) is 5.09. The van der Waals surface area contributed by atoms with Crippen molar-refractivity contribution in [3.63, 3.8) is 0 Å². The molecule has 53 heavy (non-hydrogen) atoms. The summed E-state index contributed by atoms with van der Waals surface area (Å²) in [6.45, 7) is 8.32.